The van der Waals surface area contributed by atoms with Crippen LogP contribution in [0.4, 0.5) is 0 Å². The first-order chi connectivity index (χ1) is 7.00. The van der Waals surface area contributed by atoms with E-state index in [1.165, 1.54) is 38.5 Å². The smallest absolute Gasteiger partial charge is 0.00929 e. The molecule has 0 aromatic rings. The molecule has 0 heteroatoms. The summed E-state index contributed by atoms with van der Waals surface area (Å²) >= 11 is 0. The second-order valence-electron chi connectivity index (χ2n) is 3.66. The molecule has 0 unspecified atom stereocenters. The Hall–Kier alpha value is -1.00. The minimum absolute atomic E-state index is 1.02. The molecule has 76 valence electrons. The Kier molecular flexibility index (Phi) is 6.80. The van der Waals surface area contributed by atoms with Gasteiger partial charge in [-0.3, -0.25) is 0 Å². The van der Waals surface area contributed by atoms with Gasteiger partial charge in [0.25, 0.3) is 0 Å². The average molecular weight is 188 g/mol. The summed E-state index contributed by atoms with van der Waals surface area (Å²) in [7, 11) is 0. The molecule has 0 saturated heterocycles. The zero-order chi connectivity index (χ0) is 9.90. The Balaban J connectivity index is 2.37. The molecule has 0 nitrogen and oxygen atoms in total. The maximum atomic E-state index is 3.15. The third kappa shape index (κ3) is 6.51. The van der Waals surface area contributed by atoms with Crippen LogP contribution < -0.4 is 0 Å². The first kappa shape index (κ1) is 11.1. The normalized spacial score (nSPS) is 24.0. The second-order valence-corrected chi connectivity index (χ2v) is 3.66. The molecule has 0 amide bonds. The highest BCUT2D eigenvalue weighted by atomic mass is 13.9. The molecule has 1 aliphatic carbocycles. The van der Waals surface area contributed by atoms with Crippen molar-refractivity contribution in [2.75, 3.05) is 0 Å². The molecule has 0 fully saturated rings. The van der Waals surface area contributed by atoms with Gasteiger partial charge < -0.3 is 0 Å². The molecule has 0 N–H and O–H groups in total. The van der Waals surface area contributed by atoms with Crippen LogP contribution in [0.3, 0.4) is 0 Å². The monoisotopic (exact) mass is 188 g/mol. The maximum absolute atomic E-state index is 3.15. The number of hydrogen-bond donors (Lipinski definition) is 0. The van der Waals surface area contributed by atoms with E-state index in [0.29, 0.717) is 0 Å². The highest BCUT2D eigenvalue weighted by Crippen LogP contribution is 2.06. The Morgan fingerprint density at radius 2 is 1.57 bits per heavy atom. The third-order valence-corrected chi connectivity index (χ3v) is 2.36. The summed E-state index contributed by atoms with van der Waals surface area (Å²) in [6.07, 6.45) is 21.8. The molecule has 0 spiro atoms. The standard InChI is InChI=1S/C14H20/c1-2-4-6-8-10-12-14-13-11-9-7-5-3-1/h1-3,7,11,13H,4,6,8-10,12,14H2/b2-1+,13-11-. The molecule has 0 aromatic carbocycles. The van der Waals surface area contributed by atoms with E-state index in [1.54, 1.807) is 0 Å². The summed E-state index contributed by atoms with van der Waals surface area (Å²) < 4.78 is 0. The highest BCUT2D eigenvalue weighted by Gasteiger charge is 1.87. The predicted molar refractivity (Wildman–Crippen MR) is 63.3 cm³/mol. The number of rotatable bonds is 0. The van der Waals surface area contributed by atoms with Gasteiger partial charge >= 0.3 is 0 Å². The fourth-order valence-corrected chi connectivity index (χ4v) is 1.52. The topological polar surface area (TPSA) is 0 Å². The van der Waals surface area contributed by atoms with Crippen molar-refractivity contribution < 1.29 is 0 Å². The van der Waals surface area contributed by atoms with E-state index in [1.807, 2.05) is 6.08 Å². The Bertz CT molecular complexity index is 237. The molecule has 0 atom stereocenters. The lowest BCUT2D eigenvalue weighted by Gasteiger charge is -1.96. The van der Waals surface area contributed by atoms with Crippen molar-refractivity contribution in [2.45, 2.75) is 44.9 Å². The zero-order valence-electron chi connectivity index (χ0n) is 8.91. The fourth-order valence-electron chi connectivity index (χ4n) is 1.52. The van der Waals surface area contributed by atoms with Crippen LogP contribution in [0.25, 0.3) is 0 Å². The predicted octanol–water partition coefficient (Wildman–Crippen LogP) is 4.55. The van der Waals surface area contributed by atoms with Crippen LogP contribution in [0.1, 0.15) is 44.9 Å². The average Bonchev–Trinajstić information content (AvgIpc) is 2.22. The van der Waals surface area contributed by atoms with E-state index in [0.717, 1.165) is 6.42 Å². The van der Waals surface area contributed by atoms with Crippen LogP contribution in [0.15, 0.2) is 42.2 Å². The van der Waals surface area contributed by atoms with Crippen LogP contribution in [0.5, 0.6) is 0 Å². The SMILES string of the molecule is C1=C/C=C/CCCCCC/C=C\CC=1. The Morgan fingerprint density at radius 1 is 0.786 bits per heavy atom. The first-order valence-electron chi connectivity index (χ1n) is 5.71. The zero-order valence-corrected chi connectivity index (χ0v) is 8.91. The molecule has 1 rings (SSSR count). The van der Waals surface area contributed by atoms with E-state index >= 15 is 0 Å². The maximum Gasteiger partial charge on any atom is -0.00929 e. The van der Waals surface area contributed by atoms with Crippen LogP contribution in [-0.2, 0) is 0 Å². The van der Waals surface area contributed by atoms with Crippen molar-refractivity contribution in [3.63, 3.8) is 0 Å². The van der Waals surface area contributed by atoms with E-state index in [2.05, 4.69) is 36.1 Å². The summed E-state index contributed by atoms with van der Waals surface area (Å²) in [6, 6.07) is 0. The minimum atomic E-state index is 1.02. The van der Waals surface area contributed by atoms with Crippen molar-refractivity contribution in [3.8, 4) is 0 Å². The van der Waals surface area contributed by atoms with E-state index in [9.17, 15) is 0 Å². The van der Waals surface area contributed by atoms with Crippen molar-refractivity contribution in [2.24, 2.45) is 0 Å². The molecular formula is C14H20. The molecule has 1 aliphatic rings. The van der Waals surface area contributed by atoms with E-state index < -0.39 is 0 Å². The van der Waals surface area contributed by atoms with Crippen LogP contribution in [-0.4, -0.2) is 0 Å². The Labute approximate surface area is 87.7 Å². The van der Waals surface area contributed by atoms with Crippen molar-refractivity contribution in [1.29, 1.82) is 0 Å². The molecule has 0 aliphatic heterocycles. The lowest BCUT2D eigenvalue weighted by Crippen LogP contribution is -1.76. The minimum Gasteiger partial charge on any atom is -0.125 e. The van der Waals surface area contributed by atoms with Gasteiger partial charge in [0.2, 0.25) is 0 Å². The van der Waals surface area contributed by atoms with E-state index in [-0.39, 0.29) is 0 Å². The lowest BCUT2D eigenvalue weighted by atomic mass is 10.1. The van der Waals surface area contributed by atoms with Crippen molar-refractivity contribution in [3.05, 3.63) is 42.2 Å². The summed E-state index contributed by atoms with van der Waals surface area (Å²) in [6.45, 7) is 0. The summed E-state index contributed by atoms with van der Waals surface area (Å²) in [5, 5.41) is 0. The van der Waals surface area contributed by atoms with Gasteiger partial charge in [0.05, 0.1) is 0 Å². The molecule has 0 saturated carbocycles. The molecular weight excluding hydrogens is 168 g/mol. The number of allylic oxidation sites excluding steroid dienone is 5. The highest BCUT2D eigenvalue weighted by molar-refractivity contribution is 5.03. The van der Waals surface area contributed by atoms with Gasteiger partial charge in [-0.1, -0.05) is 37.1 Å². The first-order valence-corrected chi connectivity index (χ1v) is 5.71. The quantitative estimate of drug-likeness (QED) is 0.386. The number of hydrogen-bond acceptors (Lipinski definition) is 0. The summed E-state index contributed by atoms with van der Waals surface area (Å²) in [4.78, 5) is 0. The van der Waals surface area contributed by atoms with Crippen molar-refractivity contribution in [1.82, 2.24) is 0 Å². The van der Waals surface area contributed by atoms with Gasteiger partial charge in [-0.15, -0.1) is 5.73 Å². The summed E-state index contributed by atoms with van der Waals surface area (Å²) in [5.41, 5.74) is 3.15. The molecule has 0 radical (unpaired) electrons. The van der Waals surface area contributed by atoms with Gasteiger partial charge in [0, 0.05) is 0 Å². The van der Waals surface area contributed by atoms with Crippen LogP contribution in [0, 0.1) is 0 Å². The summed E-state index contributed by atoms with van der Waals surface area (Å²) in [5.74, 6) is 0. The fraction of sp³-hybridized carbons (Fsp3) is 0.500. The van der Waals surface area contributed by atoms with Crippen LogP contribution in [0.2, 0.25) is 0 Å². The van der Waals surface area contributed by atoms with Gasteiger partial charge in [0.15, 0.2) is 0 Å². The second kappa shape index (κ2) is 8.59. The largest absolute Gasteiger partial charge is 0.125 e. The van der Waals surface area contributed by atoms with Gasteiger partial charge in [-0.05, 0) is 44.3 Å². The van der Waals surface area contributed by atoms with Crippen LogP contribution >= 0.6 is 0 Å². The van der Waals surface area contributed by atoms with Gasteiger partial charge in [0.1, 0.15) is 0 Å². The molecule has 0 bridgehead atoms. The third-order valence-electron chi connectivity index (χ3n) is 2.36. The molecule has 0 aromatic heterocycles. The van der Waals surface area contributed by atoms with Gasteiger partial charge in [-0.2, -0.15) is 0 Å². The van der Waals surface area contributed by atoms with Gasteiger partial charge in [-0.25, -0.2) is 0 Å². The molecule has 0 heterocycles. The lowest BCUT2D eigenvalue weighted by molar-refractivity contribution is 0.652. The van der Waals surface area contributed by atoms with Crippen molar-refractivity contribution >= 4 is 0 Å². The Morgan fingerprint density at radius 3 is 2.43 bits per heavy atom. The molecule has 14 heavy (non-hydrogen) atoms. The van der Waals surface area contributed by atoms with E-state index in [4.69, 9.17) is 0 Å².